The average molecular weight is 426 g/mol. The maximum atomic E-state index is 12.3. The molecule has 1 atom stereocenters. The Hall–Kier alpha value is -3.16. The van der Waals surface area contributed by atoms with E-state index in [-0.39, 0.29) is 5.91 Å². The average Bonchev–Trinajstić information content (AvgIpc) is 3.17. The second-order valence-corrected chi connectivity index (χ2v) is 7.39. The topological polar surface area (TPSA) is 79.3 Å². The molecule has 0 saturated heterocycles. The summed E-state index contributed by atoms with van der Waals surface area (Å²) in [5.41, 5.74) is 3.62. The number of amides is 3. The molecule has 3 aromatic rings. The molecule has 0 saturated carbocycles. The molecule has 3 rings (SSSR count). The van der Waals surface area contributed by atoms with E-state index in [0.29, 0.717) is 11.6 Å². The Morgan fingerprint density at radius 1 is 1.13 bits per heavy atom. The van der Waals surface area contributed by atoms with Crippen LogP contribution >= 0.6 is 11.6 Å². The Kier molecular flexibility index (Phi) is 6.87. The van der Waals surface area contributed by atoms with Crippen LogP contribution in [0.2, 0.25) is 5.02 Å². The Bertz CT molecular complexity index is 1020. The first-order chi connectivity index (χ1) is 14.4. The normalized spacial score (nSPS) is 11.9. The summed E-state index contributed by atoms with van der Waals surface area (Å²) >= 11 is 6.04. The molecule has 1 unspecified atom stereocenters. The smallest absolute Gasteiger partial charge is 0.321 e. The molecule has 2 N–H and O–H groups in total. The van der Waals surface area contributed by atoms with Crippen molar-refractivity contribution < 1.29 is 9.59 Å². The number of imide groups is 1. The number of aromatic nitrogens is 2. The number of urea groups is 1. The van der Waals surface area contributed by atoms with Gasteiger partial charge in [-0.05, 0) is 38.2 Å². The van der Waals surface area contributed by atoms with Crippen molar-refractivity contribution >= 4 is 23.5 Å². The lowest BCUT2D eigenvalue weighted by Gasteiger charge is -2.23. The van der Waals surface area contributed by atoms with Gasteiger partial charge in [-0.1, -0.05) is 41.9 Å². The quantitative estimate of drug-likeness (QED) is 0.633. The molecule has 7 nitrogen and oxygen atoms in total. The number of carbonyl (C=O) groups excluding carboxylic acids is 2. The fraction of sp³-hybridized carbons (Fsp3) is 0.227. The number of nitrogens with one attached hydrogen (secondary N) is 2. The van der Waals surface area contributed by atoms with E-state index >= 15 is 0 Å². The first-order valence-corrected chi connectivity index (χ1v) is 9.89. The number of para-hydroxylation sites is 1. The fourth-order valence-corrected chi connectivity index (χ4v) is 3.10. The molecule has 1 aromatic heterocycles. The van der Waals surface area contributed by atoms with E-state index in [2.05, 4.69) is 10.6 Å². The second-order valence-electron chi connectivity index (χ2n) is 6.95. The molecule has 0 bridgehead atoms. The molecular formula is C22H24ClN5O2. The lowest BCUT2D eigenvalue weighted by molar-refractivity contribution is -0.124. The Labute approximate surface area is 180 Å². The lowest BCUT2D eigenvalue weighted by Crippen LogP contribution is -2.47. The van der Waals surface area contributed by atoms with Crippen LogP contribution < -0.4 is 10.6 Å². The highest BCUT2D eigenvalue weighted by molar-refractivity contribution is 6.30. The highest BCUT2D eigenvalue weighted by atomic mass is 35.5. The van der Waals surface area contributed by atoms with Gasteiger partial charge in [0.2, 0.25) is 5.91 Å². The highest BCUT2D eigenvalue weighted by Gasteiger charge is 2.22. The molecule has 8 heteroatoms. The number of halogens is 1. The van der Waals surface area contributed by atoms with E-state index in [1.54, 1.807) is 6.92 Å². The third kappa shape index (κ3) is 5.06. The van der Waals surface area contributed by atoms with Crippen molar-refractivity contribution in [1.82, 2.24) is 25.3 Å². The van der Waals surface area contributed by atoms with Crippen molar-refractivity contribution in [3.8, 4) is 16.9 Å². The van der Waals surface area contributed by atoms with E-state index in [1.807, 2.05) is 77.4 Å². The number of rotatable bonds is 6. The minimum atomic E-state index is -0.529. The van der Waals surface area contributed by atoms with Crippen LogP contribution in [0.1, 0.15) is 12.5 Å². The van der Waals surface area contributed by atoms with Crippen molar-refractivity contribution in [3.05, 3.63) is 71.4 Å². The minimum absolute atomic E-state index is 0.375. The van der Waals surface area contributed by atoms with Gasteiger partial charge in [0, 0.05) is 35.9 Å². The van der Waals surface area contributed by atoms with Crippen LogP contribution in [-0.2, 0) is 11.3 Å². The van der Waals surface area contributed by atoms with E-state index in [9.17, 15) is 9.59 Å². The molecule has 0 aliphatic heterocycles. The SMILES string of the molecule is CNC(=O)NC(=O)C(C)N(C)Cc1cn(-c2ccccc2)nc1-c1ccc(Cl)cc1. The zero-order valence-electron chi connectivity index (χ0n) is 17.1. The molecule has 2 aromatic carbocycles. The lowest BCUT2D eigenvalue weighted by atomic mass is 10.1. The zero-order valence-corrected chi connectivity index (χ0v) is 17.8. The number of benzene rings is 2. The highest BCUT2D eigenvalue weighted by Crippen LogP contribution is 2.26. The minimum Gasteiger partial charge on any atom is -0.341 e. The molecule has 0 spiro atoms. The van der Waals surface area contributed by atoms with Crippen LogP contribution in [0.5, 0.6) is 0 Å². The molecule has 0 aliphatic rings. The van der Waals surface area contributed by atoms with Gasteiger partial charge in [0.1, 0.15) is 0 Å². The third-order valence-corrected chi connectivity index (χ3v) is 5.10. The van der Waals surface area contributed by atoms with Crippen LogP contribution in [-0.4, -0.2) is 46.8 Å². The second kappa shape index (κ2) is 9.56. The summed E-state index contributed by atoms with van der Waals surface area (Å²) in [6.07, 6.45) is 1.96. The van der Waals surface area contributed by atoms with Crippen LogP contribution in [0.3, 0.4) is 0 Å². The van der Waals surface area contributed by atoms with Gasteiger partial charge in [-0.3, -0.25) is 15.0 Å². The van der Waals surface area contributed by atoms with E-state index in [0.717, 1.165) is 22.5 Å². The van der Waals surface area contributed by atoms with Crippen LogP contribution in [0.4, 0.5) is 4.79 Å². The number of nitrogens with zero attached hydrogens (tertiary/aromatic N) is 3. The van der Waals surface area contributed by atoms with E-state index in [1.165, 1.54) is 7.05 Å². The molecule has 1 heterocycles. The summed E-state index contributed by atoms with van der Waals surface area (Å²) in [5.74, 6) is -0.375. The first kappa shape index (κ1) is 21.5. The summed E-state index contributed by atoms with van der Waals surface area (Å²) in [7, 11) is 3.30. The predicted octanol–water partition coefficient (Wildman–Crippen LogP) is 3.47. The number of hydrogen-bond acceptors (Lipinski definition) is 4. The zero-order chi connectivity index (χ0) is 21.7. The number of hydrogen-bond donors (Lipinski definition) is 2. The van der Waals surface area contributed by atoms with Gasteiger partial charge >= 0.3 is 6.03 Å². The standard InChI is InChI=1S/C22H24ClN5O2/c1-15(21(29)25-22(30)24-2)27(3)13-17-14-28(19-7-5-4-6-8-19)26-20(17)16-9-11-18(23)12-10-16/h4-12,14-15H,13H2,1-3H3,(H2,24,25,29,30). The number of carbonyl (C=O) groups is 2. The molecule has 30 heavy (non-hydrogen) atoms. The molecule has 0 fully saturated rings. The summed E-state index contributed by atoms with van der Waals surface area (Å²) in [4.78, 5) is 25.6. The Morgan fingerprint density at radius 2 is 1.80 bits per heavy atom. The van der Waals surface area contributed by atoms with E-state index in [4.69, 9.17) is 16.7 Å². The van der Waals surface area contributed by atoms with Crippen molar-refractivity contribution in [2.24, 2.45) is 0 Å². The molecule has 3 amide bonds. The monoisotopic (exact) mass is 425 g/mol. The van der Waals surface area contributed by atoms with Crippen molar-refractivity contribution in [3.63, 3.8) is 0 Å². The Balaban J connectivity index is 1.90. The molecular weight excluding hydrogens is 402 g/mol. The fourth-order valence-electron chi connectivity index (χ4n) is 2.97. The van der Waals surface area contributed by atoms with E-state index < -0.39 is 12.1 Å². The van der Waals surface area contributed by atoms with Gasteiger partial charge in [-0.2, -0.15) is 5.10 Å². The summed E-state index contributed by atoms with van der Waals surface area (Å²) in [6, 6.07) is 16.3. The van der Waals surface area contributed by atoms with Crippen molar-refractivity contribution in [2.45, 2.75) is 19.5 Å². The Morgan fingerprint density at radius 3 is 2.43 bits per heavy atom. The maximum Gasteiger partial charge on any atom is 0.321 e. The molecule has 156 valence electrons. The maximum absolute atomic E-state index is 12.3. The van der Waals surface area contributed by atoms with Gasteiger partial charge < -0.3 is 5.32 Å². The largest absolute Gasteiger partial charge is 0.341 e. The van der Waals surface area contributed by atoms with Gasteiger partial charge in [-0.25, -0.2) is 9.48 Å². The first-order valence-electron chi connectivity index (χ1n) is 9.51. The van der Waals surface area contributed by atoms with Crippen molar-refractivity contribution in [1.29, 1.82) is 0 Å². The summed E-state index contributed by atoms with van der Waals surface area (Å²) in [5, 5.41) is 10.1. The summed E-state index contributed by atoms with van der Waals surface area (Å²) in [6.45, 7) is 2.22. The van der Waals surface area contributed by atoms with Gasteiger partial charge in [0.25, 0.3) is 0 Å². The predicted molar refractivity (Wildman–Crippen MR) is 118 cm³/mol. The third-order valence-electron chi connectivity index (χ3n) is 4.85. The van der Waals surface area contributed by atoms with Gasteiger partial charge in [-0.15, -0.1) is 0 Å². The molecule has 0 aliphatic carbocycles. The van der Waals surface area contributed by atoms with Crippen molar-refractivity contribution in [2.75, 3.05) is 14.1 Å². The number of likely N-dealkylation sites (N-methyl/N-ethyl adjacent to an activating group) is 1. The van der Waals surface area contributed by atoms with Crippen LogP contribution in [0.15, 0.2) is 60.8 Å². The van der Waals surface area contributed by atoms with Crippen LogP contribution in [0, 0.1) is 0 Å². The van der Waals surface area contributed by atoms with Gasteiger partial charge in [0.05, 0.1) is 17.4 Å². The molecule has 0 radical (unpaired) electrons. The summed E-state index contributed by atoms with van der Waals surface area (Å²) < 4.78 is 1.82. The van der Waals surface area contributed by atoms with Gasteiger partial charge in [0.15, 0.2) is 0 Å². The van der Waals surface area contributed by atoms with Crippen LogP contribution in [0.25, 0.3) is 16.9 Å².